The Labute approximate surface area is 59.8 Å². The monoisotopic (exact) mass is 145 g/mol. The third-order valence-corrected chi connectivity index (χ3v) is 0.800. The van der Waals surface area contributed by atoms with Crippen molar-refractivity contribution in [2.24, 2.45) is 0 Å². The van der Waals surface area contributed by atoms with Crippen molar-refractivity contribution >= 4 is 6.47 Å². The number of methoxy groups -OCH3 is 1. The molecule has 0 aliphatic rings. The maximum absolute atomic E-state index is 9.82. The Morgan fingerprint density at radius 1 is 1.70 bits per heavy atom. The lowest BCUT2D eigenvalue weighted by molar-refractivity contribution is -0.125. The van der Waals surface area contributed by atoms with Crippen LogP contribution in [0.1, 0.15) is 0 Å². The van der Waals surface area contributed by atoms with Crippen molar-refractivity contribution in [1.82, 2.24) is 5.32 Å². The van der Waals surface area contributed by atoms with E-state index in [-0.39, 0.29) is 0 Å². The summed E-state index contributed by atoms with van der Waals surface area (Å²) in [5.74, 6) is 0.458. The van der Waals surface area contributed by atoms with Crippen LogP contribution < -0.4 is 5.32 Å². The first-order chi connectivity index (χ1) is 4.85. The highest BCUT2D eigenvalue weighted by molar-refractivity contribution is 5.39. The summed E-state index contributed by atoms with van der Waals surface area (Å²) in [6.07, 6.45) is 1.37. The van der Waals surface area contributed by atoms with Gasteiger partial charge in [-0.1, -0.05) is 0 Å². The van der Waals surface area contributed by atoms with Crippen molar-refractivity contribution in [3.8, 4) is 0 Å². The maximum Gasteiger partial charge on any atom is 0.298 e. The van der Waals surface area contributed by atoms with Crippen LogP contribution in [0.25, 0.3) is 0 Å². The Morgan fingerprint density at radius 2 is 2.40 bits per heavy atom. The molecule has 0 saturated carbocycles. The van der Waals surface area contributed by atoms with E-state index in [0.29, 0.717) is 18.8 Å². The van der Waals surface area contributed by atoms with Crippen molar-refractivity contribution in [2.45, 2.75) is 0 Å². The minimum Gasteiger partial charge on any atom is -0.501 e. The number of hydrogen-bond donors (Lipinski definition) is 1. The zero-order valence-electron chi connectivity index (χ0n) is 6.09. The summed E-state index contributed by atoms with van der Waals surface area (Å²) < 4.78 is 9.14. The molecule has 10 heavy (non-hydrogen) atoms. The van der Waals surface area contributed by atoms with E-state index in [0.717, 1.165) is 0 Å². The average molecular weight is 145 g/mol. The number of carbonyl (C=O) groups is 1. The predicted molar refractivity (Wildman–Crippen MR) is 36.2 cm³/mol. The molecule has 0 saturated heterocycles. The Kier molecular flexibility index (Phi) is 5.47. The number of carbonyl (C=O) groups excluding carboxylic acids is 1. The van der Waals surface area contributed by atoms with Gasteiger partial charge in [-0.25, -0.2) is 0 Å². The molecule has 0 amide bonds. The number of likely N-dealkylation sites (N-methyl/N-ethyl adjacent to an activating group) is 1. The first-order valence-electron chi connectivity index (χ1n) is 2.82. The van der Waals surface area contributed by atoms with Gasteiger partial charge in [0.25, 0.3) is 6.47 Å². The zero-order valence-corrected chi connectivity index (χ0v) is 6.09. The van der Waals surface area contributed by atoms with Crippen LogP contribution in [0.5, 0.6) is 0 Å². The lowest BCUT2D eigenvalue weighted by atomic mass is 10.5. The van der Waals surface area contributed by atoms with Gasteiger partial charge >= 0.3 is 0 Å². The van der Waals surface area contributed by atoms with Crippen LogP contribution in [-0.4, -0.2) is 27.2 Å². The number of nitrogens with one attached hydrogen (secondary N) is 1. The summed E-state index contributed by atoms with van der Waals surface area (Å²) in [4.78, 5) is 9.82. The molecule has 0 rings (SSSR count). The summed E-state index contributed by atoms with van der Waals surface area (Å²) in [6, 6.07) is 0. The number of ether oxygens (including phenoxy) is 2. The van der Waals surface area contributed by atoms with Gasteiger partial charge in [0.05, 0.1) is 13.7 Å². The van der Waals surface area contributed by atoms with Gasteiger partial charge < -0.3 is 14.8 Å². The third-order valence-electron chi connectivity index (χ3n) is 0.800. The predicted octanol–water partition coefficient (Wildman–Crippen LogP) is -0.133. The molecule has 58 valence electrons. The summed E-state index contributed by atoms with van der Waals surface area (Å²) in [5, 5.41) is 2.81. The van der Waals surface area contributed by atoms with E-state index in [1.807, 2.05) is 0 Å². The van der Waals surface area contributed by atoms with Gasteiger partial charge in [0.2, 0.25) is 0 Å². The highest BCUT2D eigenvalue weighted by Crippen LogP contribution is 1.91. The van der Waals surface area contributed by atoms with Gasteiger partial charge in [0.15, 0.2) is 5.76 Å². The number of hydrogen-bond acceptors (Lipinski definition) is 4. The van der Waals surface area contributed by atoms with Crippen LogP contribution >= 0.6 is 0 Å². The lowest BCUT2D eigenvalue weighted by Gasteiger charge is -2.01. The van der Waals surface area contributed by atoms with Crippen molar-refractivity contribution in [2.75, 3.05) is 20.7 Å². The summed E-state index contributed by atoms with van der Waals surface area (Å²) >= 11 is 0. The third kappa shape index (κ3) is 3.91. The van der Waals surface area contributed by atoms with Crippen LogP contribution in [0.3, 0.4) is 0 Å². The van der Waals surface area contributed by atoms with Gasteiger partial charge in [-0.2, -0.15) is 0 Å². The molecule has 0 aromatic heterocycles. The van der Waals surface area contributed by atoms with Crippen molar-refractivity contribution in [3.05, 3.63) is 12.0 Å². The van der Waals surface area contributed by atoms with Crippen molar-refractivity contribution in [1.29, 1.82) is 0 Å². The smallest absolute Gasteiger partial charge is 0.298 e. The second-order valence-corrected chi connectivity index (χ2v) is 1.56. The topological polar surface area (TPSA) is 47.6 Å². The van der Waals surface area contributed by atoms with Crippen LogP contribution in [-0.2, 0) is 14.3 Å². The fourth-order valence-electron chi connectivity index (χ4n) is 0.479. The van der Waals surface area contributed by atoms with E-state index < -0.39 is 0 Å². The Hall–Kier alpha value is -1.03. The first-order valence-corrected chi connectivity index (χ1v) is 2.82. The molecule has 0 atom stereocenters. The van der Waals surface area contributed by atoms with Gasteiger partial charge in [-0.05, 0) is 7.05 Å². The number of rotatable bonds is 5. The largest absolute Gasteiger partial charge is 0.501 e. The molecular formula is C6H11NO3. The molecule has 0 aromatic rings. The zero-order chi connectivity index (χ0) is 7.82. The molecule has 0 bridgehead atoms. The second-order valence-electron chi connectivity index (χ2n) is 1.56. The molecule has 0 unspecified atom stereocenters. The second kappa shape index (κ2) is 6.10. The SMILES string of the molecule is CNC/C(=C/OC)OC=O. The molecule has 0 spiro atoms. The van der Waals surface area contributed by atoms with Gasteiger partial charge in [-0.3, -0.25) is 4.79 Å². The molecule has 0 radical (unpaired) electrons. The van der Waals surface area contributed by atoms with Gasteiger partial charge in [-0.15, -0.1) is 0 Å². The van der Waals surface area contributed by atoms with E-state index in [9.17, 15) is 4.79 Å². The standard InChI is InChI=1S/C6H11NO3/c1-7-3-6(4-9-2)10-5-8/h4-5,7H,3H2,1-2H3/b6-4-. The molecule has 4 nitrogen and oxygen atoms in total. The van der Waals surface area contributed by atoms with E-state index in [1.54, 1.807) is 7.05 Å². The Morgan fingerprint density at radius 3 is 2.80 bits per heavy atom. The molecule has 0 fully saturated rings. The molecule has 0 aliphatic heterocycles. The maximum atomic E-state index is 9.82. The fraction of sp³-hybridized carbons (Fsp3) is 0.500. The van der Waals surface area contributed by atoms with Crippen molar-refractivity contribution < 1.29 is 14.3 Å². The van der Waals surface area contributed by atoms with Crippen LogP contribution in [0.15, 0.2) is 12.0 Å². The van der Waals surface area contributed by atoms with Gasteiger partial charge in [0.1, 0.15) is 6.26 Å². The van der Waals surface area contributed by atoms with E-state index in [1.165, 1.54) is 13.4 Å². The van der Waals surface area contributed by atoms with Crippen molar-refractivity contribution in [3.63, 3.8) is 0 Å². The van der Waals surface area contributed by atoms with Crippen LogP contribution in [0.2, 0.25) is 0 Å². The molecule has 0 aromatic carbocycles. The normalized spacial score (nSPS) is 10.8. The molecular weight excluding hydrogens is 134 g/mol. The Bertz CT molecular complexity index is 122. The van der Waals surface area contributed by atoms with Gasteiger partial charge in [0, 0.05) is 0 Å². The highest BCUT2D eigenvalue weighted by atomic mass is 16.5. The molecule has 1 N–H and O–H groups in total. The lowest BCUT2D eigenvalue weighted by Crippen LogP contribution is -2.12. The van der Waals surface area contributed by atoms with E-state index in [2.05, 4.69) is 14.8 Å². The molecule has 0 heterocycles. The van der Waals surface area contributed by atoms with E-state index >= 15 is 0 Å². The molecule has 0 aliphatic carbocycles. The Balaban J connectivity index is 3.71. The first kappa shape index (κ1) is 8.97. The summed E-state index contributed by atoms with van der Waals surface area (Å²) in [7, 11) is 3.24. The minimum absolute atomic E-state index is 0.363. The van der Waals surface area contributed by atoms with E-state index in [4.69, 9.17) is 0 Å². The molecule has 4 heteroatoms. The quantitative estimate of drug-likeness (QED) is 0.432. The average Bonchev–Trinajstić information content (AvgIpc) is 1.90. The highest BCUT2D eigenvalue weighted by Gasteiger charge is 1.93. The fourth-order valence-corrected chi connectivity index (χ4v) is 0.479. The minimum atomic E-state index is 0.363. The summed E-state index contributed by atoms with van der Waals surface area (Å²) in [6.45, 7) is 0.842. The summed E-state index contributed by atoms with van der Waals surface area (Å²) in [5.41, 5.74) is 0. The van der Waals surface area contributed by atoms with Crippen LogP contribution in [0, 0.1) is 0 Å². The van der Waals surface area contributed by atoms with Crippen LogP contribution in [0.4, 0.5) is 0 Å².